The molecule has 7 nitrogen and oxygen atoms in total. The van der Waals surface area contributed by atoms with Crippen molar-refractivity contribution >= 4 is 23.3 Å². The maximum atomic E-state index is 12.8. The Morgan fingerprint density at radius 2 is 1.72 bits per heavy atom. The molecular formula is C22H19F3N4O3. The van der Waals surface area contributed by atoms with Gasteiger partial charge in [-0.2, -0.15) is 13.2 Å². The van der Waals surface area contributed by atoms with E-state index >= 15 is 0 Å². The molecule has 0 saturated heterocycles. The van der Waals surface area contributed by atoms with Crippen LogP contribution < -0.4 is 15.4 Å². The Bertz CT molecular complexity index is 1100. The van der Waals surface area contributed by atoms with E-state index in [1.54, 1.807) is 31.2 Å². The zero-order valence-corrected chi connectivity index (χ0v) is 16.9. The second kappa shape index (κ2) is 9.90. The SMILES string of the molecule is CCC(=O)Nc1cc(Oc2ccc(NC(=O)Cc3cccc(C(F)(F)F)c3)cc2)ncn1. The lowest BCUT2D eigenvalue weighted by molar-refractivity contribution is -0.137. The number of rotatable bonds is 7. The van der Waals surface area contributed by atoms with Gasteiger partial charge >= 0.3 is 6.18 Å². The number of carbonyl (C=O) groups excluding carboxylic acids is 2. The Labute approximate surface area is 181 Å². The number of nitrogens with one attached hydrogen (secondary N) is 2. The second-order valence-electron chi connectivity index (χ2n) is 6.69. The summed E-state index contributed by atoms with van der Waals surface area (Å²) in [4.78, 5) is 31.6. The first kappa shape index (κ1) is 22.7. The smallest absolute Gasteiger partial charge is 0.416 e. The summed E-state index contributed by atoms with van der Waals surface area (Å²) < 4.78 is 44.0. The number of amides is 2. The number of benzene rings is 2. The van der Waals surface area contributed by atoms with Gasteiger partial charge in [0.05, 0.1) is 12.0 Å². The van der Waals surface area contributed by atoms with E-state index in [4.69, 9.17) is 4.74 Å². The molecule has 2 aromatic carbocycles. The van der Waals surface area contributed by atoms with Crippen LogP contribution in [0.15, 0.2) is 60.9 Å². The predicted molar refractivity (Wildman–Crippen MR) is 111 cm³/mol. The monoisotopic (exact) mass is 444 g/mol. The highest BCUT2D eigenvalue weighted by Gasteiger charge is 2.30. The summed E-state index contributed by atoms with van der Waals surface area (Å²) in [5.41, 5.74) is -0.0913. The molecule has 0 spiro atoms. The Hall–Kier alpha value is -3.95. The second-order valence-corrected chi connectivity index (χ2v) is 6.69. The fraction of sp³-hybridized carbons (Fsp3) is 0.182. The summed E-state index contributed by atoms with van der Waals surface area (Å²) in [5.74, 6) is 0.297. The molecule has 1 heterocycles. The first-order valence-corrected chi connectivity index (χ1v) is 9.58. The minimum atomic E-state index is -4.46. The molecule has 3 rings (SSSR count). The van der Waals surface area contributed by atoms with Crippen molar-refractivity contribution in [2.75, 3.05) is 10.6 Å². The quantitative estimate of drug-likeness (QED) is 0.545. The first-order valence-electron chi connectivity index (χ1n) is 9.58. The molecule has 0 aliphatic rings. The lowest BCUT2D eigenvalue weighted by Crippen LogP contribution is -2.15. The van der Waals surface area contributed by atoms with Gasteiger partial charge in [0, 0.05) is 18.2 Å². The molecule has 3 aromatic rings. The molecule has 0 aliphatic heterocycles. The van der Waals surface area contributed by atoms with Crippen molar-refractivity contribution in [1.82, 2.24) is 9.97 Å². The van der Waals surface area contributed by atoms with E-state index in [1.807, 2.05) is 0 Å². The zero-order chi connectivity index (χ0) is 23.1. The molecule has 10 heteroatoms. The number of hydrogen-bond donors (Lipinski definition) is 2. The lowest BCUT2D eigenvalue weighted by Gasteiger charge is -2.10. The first-order chi connectivity index (χ1) is 15.2. The standard InChI is InChI=1S/C22H19F3N4O3/c1-2-19(30)29-18-12-21(27-13-26-18)32-17-8-6-16(7-9-17)28-20(31)11-14-4-3-5-15(10-14)22(23,24)25/h3-10,12-13H,2,11H2,1H3,(H,28,31)(H,26,27,29,30). The van der Waals surface area contributed by atoms with Gasteiger partial charge in [-0.3, -0.25) is 9.59 Å². The van der Waals surface area contributed by atoms with Gasteiger partial charge in [0.15, 0.2) is 0 Å². The van der Waals surface area contributed by atoms with Crippen LogP contribution in [0.4, 0.5) is 24.7 Å². The van der Waals surface area contributed by atoms with Gasteiger partial charge in [0.2, 0.25) is 17.7 Å². The maximum Gasteiger partial charge on any atom is 0.416 e. The van der Waals surface area contributed by atoms with Crippen molar-refractivity contribution in [1.29, 1.82) is 0 Å². The van der Waals surface area contributed by atoms with Gasteiger partial charge < -0.3 is 15.4 Å². The van der Waals surface area contributed by atoms with Crippen LogP contribution in [-0.4, -0.2) is 21.8 Å². The van der Waals surface area contributed by atoms with Crippen molar-refractivity contribution in [3.05, 3.63) is 72.1 Å². The number of carbonyl (C=O) groups is 2. The normalized spacial score (nSPS) is 11.0. The third kappa shape index (κ3) is 6.53. The van der Waals surface area contributed by atoms with Gasteiger partial charge in [-0.1, -0.05) is 25.1 Å². The topological polar surface area (TPSA) is 93.2 Å². The molecule has 0 bridgehead atoms. The molecule has 1 aromatic heterocycles. The molecule has 0 radical (unpaired) electrons. The van der Waals surface area contributed by atoms with E-state index in [-0.39, 0.29) is 23.8 Å². The fourth-order valence-electron chi connectivity index (χ4n) is 2.67. The Morgan fingerprint density at radius 3 is 2.41 bits per heavy atom. The van der Waals surface area contributed by atoms with E-state index in [9.17, 15) is 22.8 Å². The predicted octanol–water partition coefficient (Wildman–Crippen LogP) is 4.82. The number of alkyl halides is 3. The average Bonchev–Trinajstić information content (AvgIpc) is 2.75. The molecular weight excluding hydrogens is 425 g/mol. The van der Waals surface area contributed by atoms with Crippen molar-refractivity contribution in [3.63, 3.8) is 0 Å². The van der Waals surface area contributed by atoms with Crippen LogP contribution in [0.25, 0.3) is 0 Å². The summed E-state index contributed by atoms with van der Waals surface area (Å²) in [6.07, 6.45) is -3.10. The van der Waals surface area contributed by atoms with E-state index in [1.165, 1.54) is 24.5 Å². The van der Waals surface area contributed by atoms with E-state index in [2.05, 4.69) is 20.6 Å². The molecule has 0 unspecified atom stereocenters. The van der Waals surface area contributed by atoms with Crippen molar-refractivity contribution in [3.8, 4) is 11.6 Å². The molecule has 0 atom stereocenters. The fourth-order valence-corrected chi connectivity index (χ4v) is 2.67. The number of halogens is 3. The largest absolute Gasteiger partial charge is 0.439 e. The van der Waals surface area contributed by atoms with Crippen molar-refractivity contribution in [2.24, 2.45) is 0 Å². The third-order valence-corrected chi connectivity index (χ3v) is 4.21. The summed E-state index contributed by atoms with van der Waals surface area (Å²) in [6, 6.07) is 12.5. The Morgan fingerprint density at radius 1 is 0.969 bits per heavy atom. The van der Waals surface area contributed by atoms with Crippen molar-refractivity contribution < 1.29 is 27.5 Å². The number of ether oxygens (including phenoxy) is 1. The van der Waals surface area contributed by atoms with Crippen LogP contribution in [-0.2, 0) is 22.2 Å². The van der Waals surface area contributed by atoms with Gasteiger partial charge in [0.1, 0.15) is 17.9 Å². The van der Waals surface area contributed by atoms with Crippen LogP contribution in [0.2, 0.25) is 0 Å². The van der Waals surface area contributed by atoms with Crippen LogP contribution >= 0.6 is 0 Å². The van der Waals surface area contributed by atoms with Gasteiger partial charge in [0.25, 0.3) is 0 Å². The average molecular weight is 444 g/mol. The number of aromatic nitrogens is 2. The van der Waals surface area contributed by atoms with Crippen LogP contribution in [0.5, 0.6) is 11.6 Å². The van der Waals surface area contributed by atoms with Crippen molar-refractivity contribution in [2.45, 2.75) is 25.9 Å². The highest BCUT2D eigenvalue weighted by Crippen LogP contribution is 2.29. The lowest BCUT2D eigenvalue weighted by atomic mass is 10.1. The van der Waals surface area contributed by atoms with E-state index in [0.717, 1.165) is 12.1 Å². The van der Waals surface area contributed by atoms with Crippen LogP contribution in [0, 0.1) is 0 Å². The summed E-state index contributed by atoms with van der Waals surface area (Å²) in [5, 5.41) is 5.23. The van der Waals surface area contributed by atoms with E-state index in [0.29, 0.717) is 23.7 Å². The number of hydrogen-bond acceptors (Lipinski definition) is 5. The maximum absolute atomic E-state index is 12.8. The molecule has 166 valence electrons. The number of nitrogens with zero attached hydrogens (tertiary/aromatic N) is 2. The zero-order valence-electron chi connectivity index (χ0n) is 16.9. The van der Waals surface area contributed by atoms with Gasteiger partial charge in [-0.15, -0.1) is 0 Å². The van der Waals surface area contributed by atoms with E-state index < -0.39 is 17.6 Å². The molecule has 0 saturated carbocycles. The Balaban J connectivity index is 1.59. The summed E-state index contributed by atoms with van der Waals surface area (Å²) in [7, 11) is 0. The number of anilines is 2. The molecule has 32 heavy (non-hydrogen) atoms. The molecule has 2 amide bonds. The summed E-state index contributed by atoms with van der Waals surface area (Å²) >= 11 is 0. The highest BCUT2D eigenvalue weighted by molar-refractivity contribution is 5.92. The van der Waals surface area contributed by atoms with Crippen LogP contribution in [0.1, 0.15) is 24.5 Å². The minimum Gasteiger partial charge on any atom is -0.439 e. The molecule has 2 N–H and O–H groups in total. The summed E-state index contributed by atoms with van der Waals surface area (Å²) in [6.45, 7) is 1.72. The van der Waals surface area contributed by atoms with Gasteiger partial charge in [-0.05, 0) is 35.9 Å². The van der Waals surface area contributed by atoms with Crippen LogP contribution in [0.3, 0.4) is 0 Å². The highest BCUT2D eigenvalue weighted by atomic mass is 19.4. The van der Waals surface area contributed by atoms with Gasteiger partial charge in [-0.25, -0.2) is 9.97 Å². The molecule has 0 aliphatic carbocycles. The molecule has 0 fully saturated rings. The minimum absolute atomic E-state index is 0.195. The Kier molecular flexibility index (Phi) is 7.04. The third-order valence-electron chi connectivity index (χ3n) is 4.21.